The summed E-state index contributed by atoms with van der Waals surface area (Å²) < 4.78 is 39.7. The second kappa shape index (κ2) is 4.54. The fourth-order valence-corrected chi connectivity index (χ4v) is 1.12. The lowest BCUT2D eigenvalue weighted by atomic mass is 10.2. The molecular weight excluding hydrogens is 227 g/mol. The Kier molecular flexibility index (Phi) is 3.55. The topological polar surface area (TPSA) is 94.4 Å². The minimum absolute atomic E-state index is 0.00347. The van der Waals surface area contributed by atoms with Crippen LogP contribution in [0.4, 0.5) is 19.0 Å². The number of rotatable bonds is 3. The summed E-state index contributed by atoms with van der Waals surface area (Å²) in [6, 6.07) is 1.21. The van der Waals surface area contributed by atoms with Crippen LogP contribution in [0.3, 0.4) is 0 Å². The molecule has 1 heterocycles. The number of nitrogens with zero attached hydrogens (tertiary/aromatic N) is 1. The van der Waals surface area contributed by atoms with E-state index < -0.39 is 24.5 Å². The molecule has 0 aromatic carbocycles. The van der Waals surface area contributed by atoms with Gasteiger partial charge in [0.15, 0.2) is 11.6 Å². The van der Waals surface area contributed by atoms with Gasteiger partial charge < -0.3 is 21.3 Å². The van der Waals surface area contributed by atoms with Gasteiger partial charge in [0.1, 0.15) is 0 Å². The summed E-state index contributed by atoms with van der Waals surface area (Å²) in [5.74, 6) is -1.14. The van der Waals surface area contributed by atoms with E-state index in [0.717, 1.165) is 0 Å². The predicted octanol–water partition coefficient (Wildman–Crippen LogP) is 0.513. The lowest BCUT2D eigenvalue weighted by Gasteiger charge is -2.14. The van der Waals surface area contributed by atoms with E-state index in [4.69, 9.17) is 16.6 Å². The van der Waals surface area contributed by atoms with Gasteiger partial charge in [0, 0.05) is 12.1 Å². The molecule has 0 spiro atoms. The molecule has 1 rings (SSSR count). The molecule has 1 aromatic rings. The summed E-state index contributed by atoms with van der Waals surface area (Å²) in [4.78, 5) is 3.60. The summed E-state index contributed by atoms with van der Waals surface area (Å²) >= 11 is 0. The van der Waals surface area contributed by atoms with Crippen LogP contribution in [0, 0.1) is 0 Å². The molecule has 0 fully saturated rings. The molecule has 0 aliphatic rings. The first kappa shape index (κ1) is 12.5. The van der Waals surface area contributed by atoms with Gasteiger partial charge in [-0.05, 0) is 6.07 Å². The van der Waals surface area contributed by atoms with Gasteiger partial charge in [-0.15, -0.1) is 13.2 Å². The third kappa shape index (κ3) is 2.97. The third-order valence-corrected chi connectivity index (χ3v) is 1.73. The van der Waals surface area contributed by atoms with Crippen molar-refractivity contribution in [2.45, 2.75) is 19.5 Å². The number of aromatic nitrogens is 1. The molecule has 5 N–H and O–H groups in total. The van der Waals surface area contributed by atoms with E-state index in [1.165, 1.54) is 6.07 Å². The standard InChI is InChI=1S/C8H10F3N3O2/c9-8(10,11)16-6-4(3-15)1-5(2-12)14-7(6)13/h1,15H,2-3,12H2,(H2,13,14). The molecule has 0 aliphatic heterocycles. The lowest BCUT2D eigenvalue weighted by molar-refractivity contribution is -0.274. The Morgan fingerprint density at radius 2 is 2.06 bits per heavy atom. The molecule has 16 heavy (non-hydrogen) atoms. The Labute approximate surface area is 88.8 Å². The summed E-state index contributed by atoms with van der Waals surface area (Å²) in [6.45, 7) is -0.644. The smallest absolute Gasteiger partial charge is 0.401 e. The van der Waals surface area contributed by atoms with Crippen LogP contribution >= 0.6 is 0 Å². The van der Waals surface area contributed by atoms with Crippen LogP contribution in [-0.4, -0.2) is 16.5 Å². The summed E-state index contributed by atoms with van der Waals surface area (Å²) in [5.41, 5.74) is 10.7. The van der Waals surface area contributed by atoms with E-state index in [1.54, 1.807) is 0 Å². The van der Waals surface area contributed by atoms with Gasteiger partial charge in [-0.1, -0.05) is 0 Å². The van der Waals surface area contributed by atoms with Gasteiger partial charge >= 0.3 is 6.36 Å². The largest absolute Gasteiger partial charge is 0.573 e. The molecule has 90 valence electrons. The Hall–Kier alpha value is -1.54. The molecule has 0 radical (unpaired) electrons. The number of ether oxygens (including phenoxy) is 1. The summed E-state index contributed by atoms with van der Waals surface area (Å²) in [5, 5.41) is 8.89. The van der Waals surface area contributed by atoms with E-state index in [2.05, 4.69) is 9.72 Å². The molecular formula is C8H10F3N3O2. The number of nitrogens with two attached hydrogens (primary N) is 2. The SMILES string of the molecule is NCc1cc(CO)c(OC(F)(F)F)c(N)n1. The van der Waals surface area contributed by atoms with Gasteiger partial charge in [-0.25, -0.2) is 4.98 Å². The number of hydrogen-bond acceptors (Lipinski definition) is 5. The third-order valence-electron chi connectivity index (χ3n) is 1.73. The highest BCUT2D eigenvalue weighted by atomic mass is 19.4. The number of alkyl halides is 3. The Bertz CT molecular complexity index is 382. The van der Waals surface area contributed by atoms with Crippen molar-refractivity contribution in [3.05, 3.63) is 17.3 Å². The molecule has 1 aromatic heterocycles. The molecule has 0 unspecified atom stereocenters. The van der Waals surface area contributed by atoms with Gasteiger partial charge in [-0.2, -0.15) is 0 Å². The first-order chi connectivity index (χ1) is 7.37. The van der Waals surface area contributed by atoms with Crippen LogP contribution < -0.4 is 16.2 Å². The fourth-order valence-electron chi connectivity index (χ4n) is 1.12. The fraction of sp³-hybridized carbons (Fsp3) is 0.375. The number of anilines is 1. The maximum absolute atomic E-state index is 12.0. The maximum atomic E-state index is 12.0. The lowest BCUT2D eigenvalue weighted by Crippen LogP contribution is -2.20. The zero-order chi connectivity index (χ0) is 12.3. The molecule has 5 nitrogen and oxygen atoms in total. The number of aliphatic hydroxyl groups is 1. The summed E-state index contributed by atoms with van der Waals surface area (Å²) in [6.07, 6.45) is -4.88. The van der Waals surface area contributed by atoms with E-state index in [1.807, 2.05) is 0 Å². The number of pyridine rings is 1. The molecule has 0 saturated carbocycles. The zero-order valence-corrected chi connectivity index (χ0v) is 8.08. The zero-order valence-electron chi connectivity index (χ0n) is 8.08. The first-order valence-electron chi connectivity index (χ1n) is 4.22. The van der Waals surface area contributed by atoms with E-state index in [0.29, 0.717) is 0 Å². The van der Waals surface area contributed by atoms with E-state index >= 15 is 0 Å². The van der Waals surface area contributed by atoms with Gasteiger partial charge in [-0.3, -0.25) is 0 Å². The normalized spacial score (nSPS) is 11.6. The van der Waals surface area contributed by atoms with Crippen LogP contribution in [0.5, 0.6) is 5.75 Å². The molecule has 0 atom stereocenters. The van der Waals surface area contributed by atoms with Crippen LogP contribution in [0.25, 0.3) is 0 Å². The monoisotopic (exact) mass is 237 g/mol. The molecule has 0 saturated heterocycles. The average Bonchev–Trinajstić information content (AvgIpc) is 2.19. The maximum Gasteiger partial charge on any atom is 0.573 e. The Morgan fingerprint density at radius 1 is 1.44 bits per heavy atom. The quantitative estimate of drug-likeness (QED) is 0.712. The van der Waals surface area contributed by atoms with E-state index in [-0.39, 0.29) is 17.8 Å². The van der Waals surface area contributed by atoms with Gasteiger partial charge in [0.05, 0.1) is 12.3 Å². The summed E-state index contributed by atoms with van der Waals surface area (Å²) in [7, 11) is 0. The first-order valence-corrected chi connectivity index (χ1v) is 4.22. The highest BCUT2D eigenvalue weighted by Crippen LogP contribution is 2.31. The highest BCUT2D eigenvalue weighted by molar-refractivity contribution is 5.52. The van der Waals surface area contributed by atoms with Gasteiger partial charge in [0.25, 0.3) is 0 Å². The average molecular weight is 237 g/mol. The second-order valence-electron chi connectivity index (χ2n) is 2.90. The van der Waals surface area contributed by atoms with Crippen molar-refractivity contribution in [2.24, 2.45) is 5.73 Å². The number of hydrogen-bond donors (Lipinski definition) is 3. The van der Waals surface area contributed by atoms with Crippen molar-refractivity contribution >= 4 is 5.82 Å². The Balaban J connectivity index is 3.16. The van der Waals surface area contributed by atoms with Crippen molar-refractivity contribution in [1.82, 2.24) is 4.98 Å². The van der Waals surface area contributed by atoms with Crippen molar-refractivity contribution in [3.8, 4) is 5.75 Å². The minimum Gasteiger partial charge on any atom is -0.401 e. The molecule has 8 heteroatoms. The number of nitrogen functional groups attached to an aromatic ring is 1. The van der Waals surface area contributed by atoms with Crippen molar-refractivity contribution in [3.63, 3.8) is 0 Å². The van der Waals surface area contributed by atoms with Crippen LogP contribution in [0.2, 0.25) is 0 Å². The number of aliphatic hydroxyl groups excluding tert-OH is 1. The second-order valence-corrected chi connectivity index (χ2v) is 2.90. The van der Waals surface area contributed by atoms with Crippen LogP contribution in [0.15, 0.2) is 6.07 Å². The minimum atomic E-state index is -4.88. The molecule has 0 bridgehead atoms. The van der Waals surface area contributed by atoms with Gasteiger partial charge in [0.2, 0.25) is 0 Å². The predicted molar refractivity (Wildman–Crippen MR) is 49.1 cm³/mol. The molecule has 0 amide bonds. The number of halogens is 3. The van der Waals surface area contributed by atoms with Crippen molar-refractivity contribution < 1.29 is 23.0 Å². The van der Waals surface area contributed by atoms with Crippen LogP contribution in [-0.2, 0) is 13.2 Å². The highest BCUT2D eigenvalue weighted by Gasteiger charge is 2.33. The van der Waals surface area contributed by atoms with Crippen molar-refractivity contribution in [1.29, 1.82) is 0 Å². The Morgan fingerprint density at radius 3 is 2.50 bits per heavy atom. The van der Waals surface area contributed by atoms with E-state index in [9.17, 15) is 13.2 Å². The van der Waals surface area contributed by atoms with Crippen molar-refractivity contribution in [2.75, 3.05) is 5.73 Å². The molecule has 0 aliphatic carbocycles. The van der Waals surface area contributed by atoms with Crippen LogP contribution in [0.1, 0.15) is 11.3 Å².